The van der Waals surface area contributed by atoms with E-state index in [1.165, 1.54) is 0 Å². The third-order valence-corrected chi connectivity index (χ3v) is 3.61. The first-order chi connectivity index (χ1) is 10.4. The van der Waals surface area contributed by atoms with Crippen LogP contribution in [0.2, 0.25) is 0 Å². The molecular weight excluding hydrogens is 280 g/mol. The van der Waals surface area contributed by atoms with Gasteiger partial charge in [-0.1, -0.05) is 32.9 Å². The van der Waals surface area contributed by atoms with E-state index in [1.807, 2.05) is 11.0 Å². The third-order valence-electron chi connectivity index (χ3n) is 3.61. The topological polar surface area (TPSA) is 69.6 Å². The molecule has 0 radical (unpaired) electrons. The van der Waals surface area contributed by atoms with E-state index >= 15 is 0 Å². The Morgan fingerprint density at radius 2 is 1.95 bits per heavy atom. The number of piperazine rings is 1. The van der Waals surface area contributed by atoms with Crippen molar-refractivity contribution in [2.24, 2.45) is 5.41 Å². The molecule has 1 fully saturated rings. The molecule has 1 atom stereocenters. The maximum atomic E-state index is 11.5. The average Bonchev–Trinajstić information content (AvgIpc) is 2.47. The first-order valence-corrected chi connectivity index (χ1v) is 7.54. The quantitative estimate of drug-likeness (QED) is 0.853. The summed E-state index contributed by atoms with van der Waals surface area (Å²) in [4.78, 5) is 24.0. The van der Waals surface area contributed by atoms with E-state index in [0.29, 0.717) is 13.1 Å². The van der Waals surface area contributed by atoms with Gasteiger partial charge < -0.3 is 10.0 Å². The molecule has 0 saturated carbocycles. The van der Waals surface area contributed by atoms with Crippen molar-refractivity contribution in [2.45, 2.75) is 26.8 Å². The molecule has 1 aromatic heterocycles. The summed E-state index contributed by atoms with van der Waals surface area (Å²) in [6.07, 6.45) is 8.84. The van der Waals surface area contributed by atoms with Gasteiger partial charge in [0.25, 0.3) is 0 Å². The Morgan fingerprint density at radius 3 is 2.45 bits per heavy atom. The lowest BCUT2D eigenvalue weighted by Crippen LogP contribution is -2.52. The van der Waals surface area contributed by atoms with Gasteiger partial charge in [0.2, 0.25) is 0 Å². The van der Waals surface area contributed by atoms with Crippen LogP contribution in [0.5, 0.6) is 0 Å². The van der Waals surface area contributed by atoms with E-state index in [4.69, 9.17) is 0 Å². The van der Waals surface area contributed by atoms with Gasteiger partial charge in [0.05, 0.1) is 6.20 Å². The fourth-order valence-electron chi connectivity index (χ4n) is 2.42. The molecule has 2 rings (SSSR count). The first-order valence-electron chi connectivity index (χ1n) is 7.54. The Labute approximate surface area is 131 Å². The van der Waals surface area contributed by atoms with Gasteiger partial charge in [-0.2, -0.15) is 0 Å². The minimum absolute atomic E-state index is 0.0187. The van der Waals surface area contributed by atoms with Crippen molar-refractivity contribution in [1.82, 2.24) is 14.9 Å². The van der Waals surface area contributed by atoms with Crippen LogP contribution >= 0.6 is 0 Å². The van der Waals surface area contributed by atoms with Gasteiger partial charge in [0, 0.05) is 38.6 Å². The monoisotopic (exact) mass is 304 g/mol. The average molecular weight is 304 g/mol. The maximum Gasteiger partial charge on any atom is 0.324 e. The predicted octanol–water partition coefficient (Wildman–Crippen LogP) is 1.65. The van der Waals surface area contributed by atoms with Crippen LogP contribution in [0.25, 0.3) is 0 Å². The third kappa shape index (κ3) is 4.53. The Bertz CT molecular complexity index is 517. The zero-order valence-electron chi connectivity index (χ0n) is 13.4. The lowest BCUT2D eigenvalue weighted by Gasteiger charge is -2.37. The summed E-state index contributed by atoms with van der Waals surface area (Å²) >= 11 is 0. The lowest BCUT2D eigenvalue weighted by molar-refractivity contribution is -0.141. The van der Waals surface area contributed by atoms with Crippen LogP contribution in [0.1, 0.15) is 20.8 Å². The van der Waals surface area contributed by atoms with Crippen LogP contribution < -0.4 is 4.90 Å². The van der Waals surface area contributed by atoms with Crippen molar-refractivity contribution in [2.75, 3.05) is 31.1 Å². The van der Waals surface area contributed by atoms with E-state index in [9.17, 15) is 9.90 Å². The fraction of sp³-hybridized carbons (Fsp3) is 0.562. The molecule has 2 heterocycles. The van der Waals surface area contributed by atoms with E-state index in [-0.39, 0.29) is 5.41 Å². The van der Waals surface area contributed by atoms with E-state index in [1.54, 1.807) is 24.7 Å². The Morgan fingerprint density at radius 1 is 1.27 bits per heavy atom. The maximum absolute atomic E-state index is 11.5. The second kappa shape index (κ2) is 6.87. The van der Waals surface area contributed by atoms with Gasteiger partial charge in [-0.25, -0.2) is 4.98 Å². The lowest BCUT2D eigenvalue weighted by atomic mass is 9.95. The van der Waals surface area contributed by atoms with Crippen LogP contribution in [0.15, 0.2) is 30.7 Å². The summed E-state index contributed by atoms with van der Waals surface area (Å²) < 4.78 is 0. The highest BCUT2D eigenvalue weighted by atomic mass is 16.4. The van der Waals surface area contributed by atoms with Crippen molar-refractivity contribution < 1.29 is 9.90 Å². The van der Waals surface area contributed by atoms with E-state index < -0.39 is 12.0 Å². The highest BCUT2D eigenvalue weighted by molar-refractivity contribution is 5.76. The number of hydrogen-bond acceptors (Lipinski definition) is 5. The van der Waals surface area contributed by atoms with Crippen LogP contribution in [0.3, 0.4) is 0 Å². The van der Waals surface area contributed by atoms with Crippen molar-refractivity contribution in [3.05, 3.63) is 30.7 Å². The molecule has 0 bridgehead atoms. The Kier molecular flexibility index (Phi) is 5.13. The summed E-state index contributed by atoms with van der Waals surface area (Å²) in [6.45, 7) is 9.10. The van der Waals surface area contributed by atoms with Crippen LogP contribution in [0.4, 0.5) is 5.82 Å². The van der Waals surface area contributed by atoms with Gasteiger partial charge in [0.15, 0.2) is 0 Å². The standard InChI is InChI=1S/C16H24N4O2/c1-16(2,3)5-4-13(15(21)22)19-8-10-20(11-9-19)14-12-17-6-7-18-14/h4-7,12-13H,8-11H2,1-3H3,(H,21,22). The van der Waals surface area contributed by atoms with Gasteiger partial charge in [-0.3, -0.25) is 14.7 Å². The fourth-order valence-corrected chi connectivity index (χ4v) is 2.42. The number of carbonyl (C=O) groups is 1. The highest BCUT2D eigenvalue weighted by Gasteiger charge is 2.27. The predicted molar refractivity (Wildman–Crippen MR) is 85.8 cm³/mol. The molecule has 22 heavy (non-hydrogen) atoms. The van der Waals surface area contributed by atoms with Crippen molar-refractivity contribution in [3.8, 4) is 0 Å². The number of hydrogen-bond donors (Lipinski definition) is 1. The highest BCUT2D eigenvalue weighted by Crippen LogP contribution is 2.18. The number of allylic oxidation sites excluding steroid dienone is 1. The molecule has 1 N–H and O–H groups in total. The number of nitrogens with zero attached hydrogens (tertiary/aromatic N) is 4. The molecule has 0 spiro atoms. The minimum atomic E-state index is -0.798. The van der Waals surface area contributed by atoms with Gasteiger partial charge >= 0.3 is 5.97 Å². The molecule has 1 saturated heterocycles. The number of aromatic nitrogens is 2. The summed E-state index contributed by atoms with van der Waals surface area (Å²) in [7, 11) is 0. The van der Waals surface area contributed by atoms with Gasteiger partial charge in [0.1, 0.15) is 11.9 Å². The largest absolute Gasteiger partial charge is 0.480 e. The normalized spacial score (nSPS) is 18.6. The van der Waals surface area contributed by atoms with Crippen LogP contribution in [-0.4, -0.2) is 58.2 Å². The van der Waals surface area contributed by atoms with E-state index in [2.05, 4.69) is 35.6 Å². The zero-order valence-corrected chi connectivity index (χ0v) is 13.4. The van der Waals surface area contributed by atoms with Crippen molar-refractivity contribution in [1.29, 1.82) is 0 Å². The minimum Gasteiger partial charge on any atom is -0.480 e. The number of carboxylic acid groups (broad SMARTS) is 1. The van der Waals surface area contributed by atoms with Crippen molar-refractivity contribution >= 4 is 11.8 Å². The van der Waals surface area contributed by atoms with Gasteiger partial charge in [-0.05, 0) is 5.41 Å². The number of aliphatic carboxylic acids is 1. The van der Waals surface area contributed by atoms with Crippen molar-refractivity contribution in [3.63, 3.8) is 0 Å². The molecule has 1 aliphatic heterocycles. The number of rotatable bonds is 4. The van der Waals surface area contributed by atoms with E-state index in [0.717, 1.165) is 18.9 Å². The SMILES string of the molecule is CC(C)(C)C=CC(C(=O)O)N1CCN(c2cnccn2)CC1. The molecule has 0 aromatic carbocycles. The molecule has 0 aliphatic carbocycles. The summed E-state index contributed by atoms with van der Waals surface area (Å²) in [5.41, 5.74) is -0.0187. The van der Waals surface area contributed by atoms with Crippen LogP contribution in [0, 0.1) is 5.41 Å². The molecule has 1 aliphatic rings. The second-order valence-corrected chi connectivity index (χ2v) is 6.59. The van der Waals surface area contributed by atoms with Gasteiger partial charge in [-0.15, -0.1) is 0 Å². The number of carboxylic acids is 1. The second-order valence-electron chi connectivity index (χ2n) is 6.59. The smallest absolute Gasteiger partial charge is 0.324 e. The zero-order chi connectivity index (χ0) is 16.2. The summed E-state index contributed by atoms with van der Waals surface area (Å²) in [5, 5.41) is 9.48. The molecule has 0 amide bonds. The molecule has 6 nitrogen and oxygen atoms in total. The number of anilines is 1. The Balaban J connectivity index is 1.99. The molecular formula is C16H24N4O2. The Hall–Kier alpha value is -1.95. The molecule has 1 aromatic rings. The summed E-state index contributed by atoms with van der Waals surface area (Å²) in [5.74, 6) is 0.0488. The first kappa shape index (κ1) is 16.4. The summed E-state index contributed by atoms with van der Waals surface area (Å²) in [6, 6.07) is -0.566. The van der Waals surface area contributed by atoms with Crippen LogP contribution in [-0.2, 0) is 4.79 Å². The molecule has 1 unspecified atom stereocenters. The molecule has 6 heteroatoms. The molecule has 120 valence electrons.